The molecule has 1 amide bonds. The molecule has 0 unspecified atom stereocenters. The Morgan fingerprint density at radius 2 is 1.80 bits per heavy atom. The Balaban J connectivity index is 1.80. The number of anilines is 1. The number of thiocarbonyl (C=S) groups is 1. The lowest BCUT2D eigenvalue weighted by Crippen LogP contribution is -2.27. The number of carbonyl (C=O) groups excluding carboxylic acids is 1. The van der Waals surface area contributed by atoms with Crippen molar-refractivity contribution in [1.82, 2.24) is 0 Å². The van der Waals surface area contributed by atoms with Crippen molar-refractivity contribution in [3.8, 4) is 0 Å². The van der Waals surface area contributed by atoms with E-state index in [-0.39, 0.29) is 5.91 Å². The molecule has 1 fully saturated rings. The van der Waals surface area contributed by atoms with E-state index in [4.69, 9.17) is 23.8 Å². The van der Waals surface area contributed by atoms with Gasteiger partial charge in [-0.2, -0.15) is 0 Å². The quantitative estimate of drug-likeness (QED) is 0.457. The fourth-order valence-corrected chi connectivity index (χ4v) is 4.02. The Morgan fingerprint density at radius 1 is 1.12 bits per heavy atom. The van der Waals surface area contributed by atoms with Crippen molar-refractivity contribution in [2.24, 2.45) is 0 Å². The van der Waals surface area contributed by atoms with Gasteiger partial charge in [-0.05, 0) is 54.3 Å². The maximum Gasteiger partial charge on any atom is 0.270 e. The van der Waals surface area contributed by atoms with Crippen molar-refractivity contribution in [2.45, 2.75) is 26.2 Å². The predicted octanol–water partition coefficient (Wildman–Crippen LogP) is 6.09. The molecule has 1 aliphatic heterocycles. The molecule has 5 heteroatoms. The topological polar surface area (TPSA) is 20.3 Å². The lowest BCUT2D eigenvalue weighted by Gasteiger charge is -2.15. The zero-order valence-corrected chi connectivity index (χ0v) is 16.3. The molecule has 0 aliphatic carbocycles. The zero-order chi connectivity index (χ0) is 17.8. The lowest BCUT2D eigenvalue weighted by molar-refractivity contribution is -0.113. The summed E-state index contributed by atoms with van der Waals surface area (Å²) >= 11 is 12.7. The number of unbranched alkanes of at least 4 members (excludes halogenated alkanes) is 1. The average Bonchev–Trinajstić information content (AvgIpc) is 2.89. The Hall–Kier alpha value is -1.62. The van der Waals surface area contributed by atoms with Crippen LogP contribution in [0.5, 0.6) is 0 Å². The molecule has 2 aromatic rings. The second-order valence-electron chi connectivity index (χ2n) is 5.84. The van der Waals surface area contributed by atoms with Crippen molar-refractivity contribution < 1.29 is 4.79 Å². The number of hydrogen-bond donors (Lipinski definition) is 0. The van der Waals surface area contributed by atoms with Crippen LogP contribution in [0.25, 0.3) is 6.08 Å². The van der Waals surface area contributed by atoms with Crippen LogP contribution in [-0.2, 0) is 11.2 Å². The Kier molecular flexibility index (Phi) is 5.94. The maximum atomic E-state index is 12.8. The number of nitrogens with zero attached hydrogens (tertiary/aromatic N) is 1. The average molecular weight is 388 g/mol. The van der Waals surface area contributed by atoms with E-state index in [0.717, 1.165) is 17.7 Å². The molecule has 2 aromatic carbocycles. The van der Waals surface area contributed by atoms with Crippen LogP contribution >= 0.6 is 35.6 Å². The summed E-state index contributed by atoms with van der Waals surface area (Å²) in [6.45, 7) is 2.18. The number of aryl methyl sites for hydroxylation is 1. The van der Waals surface area contributed by atoms with Gasteiger partial charge in [0.15, 0.2) is 4.32 Å². The minimum absolute atomic E-state index is 0.0775. The van der Waals surface area contributed by atoms with Crippen LogP contribution in [0.1, 0.15) is 30.9 Å². The Bertz CT molecular complexity index is 813. The number of amides is 1. The van der Waals surface area contributed by atoms with Gasteiger partial charge in [0.2, 0.25) is 0 Å². The first-order chi connectivity index (χ1) is 12.1. The first kappa shape index (κ1) is 18.2. The standard InChI is InChI=1S/C20H18ClNOS2/c1-2-3-4-14-7-11-17(12-8-14)22-19(23)18(25-20(22)24)13-15-5-9-16(21)10-6-15/h5-13H,2-4H2,1H3/b18-13-. The van der Waals surface area contributed by atoms with Crippen LogP contribution in [-0.4, -0.2) is 10.2 Å². The molecule has 0 saturated carbocycles. The number of benzene rings is 2. The summed E-state index contributed by atoms with van der Waals surface area (Å²) in [5.74, 6) is -0.0775. The molecule has 0 aromatic heterocycles. The highest BCUT2D eigenvalue weighted by Crippen LogP contribution is 2.36. The number of halogens is 1. The van der Waals surface area contributed by atoms with Gasteiger partial charge in [0, 0.05) is 5.02 Å². The number of carbonyl (C=O) groups is 1. The molecule has 1 saturated heterocycles. The number of rotatable bonds is 5. The molecular formula is C20H18ClNOS2. The van der Waals surface area contributed by atoms with Crippen LogP contribution < -0.4 is 4.90 Å². The fraction of sp³-hybridized carbons (Fsp3) is 0.200. The van der Waals surface area contributed by atoms with Crippen molar-refractivity contribution in [3.63, 3.8) is 0 Å². The predicted molar refractivity (Wildman–Crippen MR) is 112 cm³/mol. The largest absolute Gasteiger partial charge is 0.270 e. The normalized spacial score (nSPS) is 16.1. The molecule has 0 bridgehead atoms. The van der Waals surface area contributed by atoms with Crippen molar-refractivity contribution in [1.29, 1.82) is 0 Å². The third-order valence-corrected chi connectivity index (χ3v) is 5.53. The lowest BCUT2D eigenvalue weighted by atomic mass is 10.1. The molecule has 2 nitrogen and oxygen atoms in total. The molecule has 0 N–H and O–H groups in total. The van der Waals surface area contributed by atoms with Crippen LogP contribution in [0.2, 0.25) is 5.02 Å². The minimum Gasteiger partial charge on any atom is -0.268 e. The van der Waals surface area contributed by atoms with E-state index < -0.39 is 0 Å². The molecular weight excluding hydrogens is 370 g/mol. The summed E-state index contributed by atoms with van der Waals surface area (Å²) in [6, 6.07) is 15.5. The summed E-state index contributed by atoms with van der Waals surface area (Å²) in [4.78, 5) is 15.0. The van der Waals surface area contributed by atoms with Crippen molar-refractivity contribution >= 4 is 57.6 Å². The second-order valence-corrected chi connectivity index (χ2v) is 7.95. The van der Waals surface area contributed by atoms with Crippen molar-refractivity contribution in [2.75, 3.05) is 4.90 Å². The molecule has 0 atom stereocenters. The van der Waals surface area contributed by atoms with E-state index in [1.807, 2.05) is 42.5 Å². The van der Waals surface area contributed by atoms with Crippen LogP contribution in [0.3, 0.4) is 0 Å². The summed E-state index contributed by atoms with van der Waals surface area (Å²) in [5.41, 5.74) is 3.04. The number of hydrogen-bond acceptors (Lipinski definition) is 3. The van der Waals surface area contributed by atoms with E-state index >= 15 is 0 Å². The van der Waals surface area contributed by atoms with E-state index in [0.29, 0.717) is 14.2 Å². The molecule has 128 valence electrons. The van der Waals surface area contributed by atoms with Gasteiger partial charge in [0.05, 0.1) is 10.6 Å². The SMILES string of the molecule is CCCCc1ccc(N2C(=O)/C(=C/c3ccc(Cl)cc3)SC2=S)cc1. The summed E-state index contributed by atoms with van der Waals surface area (Å²) in [7, 11) is 0. The van der Waals surface area contributed by atoms with Gasteiger partial charge >= 0.3 is 0 Å². The fourth-order valence-electron chi connectivity index (χ4n) is 2.59. The number of thioether (sulfide) groups is 1. The highest BCUT2D eigenvalue weighted by molar-refractivity contribution is 8.27. The molecule has 0 spiro atoms. The first-order valence-corrected chi connectivity index (χ1v) is 9.81. The Morgan fingerprint density at radius 3 is 2.44 bits per heavy atom. The highest BCUT2D eigenvalue weighted by atomic mass is 35.5. The van der Waals surface area contributed by atoms with Gasteiger partial charge in [-0.15, -0.1) is 0 Å². The molecule has 1 aliphatic rings. The summed E-state index contributed by atoms with van der Waals surface area (Å²) < 4.78 is 0.562. The van der Waals surface area contributed by atoms with Gasteiger partial charge < -0.3 is 0 Å². The highest BCUT2D eigenvalue weighted by Gasteiger charge is 2.33. The molecule has 1 heterocycles. The Labute approximate surface area is 162 Å². The molecule has 25 heavy (non-hydrogen) atoms. The van der Waals surface area contributed by atoms with Gasteiger partial charge in [-0.3, -0.25) is 9.69 Å². The van der Waals surface area contributed by atoms with Crippen LogP contribution in [0.15, 0.2) is 53.4 Å². The first-order valence-electron chi connectivity index (χ1n) is 8.21. The van der Waals surface area contributed by atoms with E-state index in [2.05, 4.69) is 19.1 Å². The second kappa shape index (κ2) is 8.17. The third-order valence-electron chi connectivity index (χ3n) is 3.98. The van der Waals surface area contributed by atoms with Gasteiger partial charge in [0.1, 0.15) is 0 Å². The van der Waals surface area contributed by atoms with E-state index in [9.17, 15) is 4.79 Å². The minimum atomic E-state index is -0.0775. The molecule has 3 rings (SSSR count). The molecule has 0 radical (unpaired) electrons. The van der Waals surface area contributed by atoms with Gasteiger partial charge in [-0.1, -0.05) is 73.2 Å². The smallest absolute Gasteiger partial charge is 0.268 e. The monoisotopic (exact) mass is 387 g/mol. The zero-order valence-electron chi connectivity index (χ0n) is 13.9. The van der Waals surface area contributed by atoms with Gasteiger partial charge in [-0.25, -0.2) is 0 Å². The summed E-state index contributed by atoms with van der Waals surface area (Å²) in [6.07, 6.45) is 5.26. The maximum absolute atomic E-state index is 12.8. The van der Waals surface area contributed by atoms with E-state index in [1.165, 1.54) is 30.2 Å². The summed E-state index contributed by atoms with van der Waals surface area (Å²) in [5, 5.41) is 0.674. The van der Waals surface area contributed by atoms with Crippen molar-refractivity contribution in [3.05, 3.63) is 69.6 Å². The third kappa shape index (κ3) is 4.32. The van der Waals surface area contributed by atoms with Crippen LogP contribution in [0, 0.1) is 0 Å². The van der Waals surface area contributed by atoms with E-state index in [1.54, 1.807) is 4.90 Å². The van der Waals surface area contributed by atoms with Crippen LogP contribution in [0.4, 0.5) is 5.69 Å². The van der Waals surface area contributed by atoms with Gasteiger partial charge in [0.25, 0.3) is 5.91 Å².